The van der Waals surface area contributed by atoms with Crippen molar-refractivity contribution in [1.82, 2.24) is 5.32 Å². The lowest BCUT2D eigenvalue weighted by Crippen LogP contribution is -2.45. The Morgan fingerprint density at radius 1 is 1.24 bits per heavy atom. The van der Waals surface area contributed by atoms with Crippen molar-refractivity contribution in [3.63, 3.8) is 0 Å². The maximum absolute atomic E-state index is 12.3. The fraction of sp³-hybridized carbons (Fsp3) is 0.688. The first-order valence-corrected chi connectivity index (χ1v) is 9.83. The van der Waals surface area contributed by atoms with Gasteiger partial charge in [-0.05, 0) is 61.7 Å². The lowest BCUT2D eigenvalue weighted by atomic mass is 9.97. The quantitative estimate of drug-likeness (QED) is 0.840. The standard InChI is InChI=1S/C16H23NO2S2/c18-15(17-11-16(19)6-8-20-9-7-16)14-10-12-4-2-1-3-5-13(12)21-14/h10,19H,1-9,11H2,(H,17,18). The first-order chi connectivity index (χ1) is 10.2. The van der Waals surface area contributed by atoms with Crippen molar-refractivity contribution in [3.05, 3.63) is 21.4 Å². The van der Waals surface area contributed by atoms with Crippen LogP contribution in [0.15, 0.2) is 6.07 Å². The van der Waals surface area contributed by atoms with Crippen LogP contribution in [0, 0.1) is 0 Å². The molecule has 2 aliphatic rings. The molecule has 3 rings (SSSR count). The number of thiophene rings is 1. The van der Waals surface area contributed by atoms with E-state index in [0.29, 0.717) is 6.54 Å². The number of amides is 1. The SMILES string of the molecule is O=C(NCC1(O)CCSCC1)c1cc2c(s1)CCCCC2. The molecule has 1 saturated heterocycles. The number of aryl methyl sites for hydroxylation is 2. The van der Waals surface area contributed by atoms with Crippen LogP contribution in [0.3, 0.4) is 0 Å². The number of rotatable bonds is 3. The largest absolute Gasteiger partial charge is 0.388 e. The summed E-state index contributed by atoms with van der Waals surface area (Å²) in [6, 6.07) is 2.07. The predicted octanol–water partition coefficient (Wildman–Crippen LogP) is 3.00. The van der Waals surface area contributed by atoms with Crippen LogP contribution in [0.5, 0.6) is 0 Å². The normalized spacial score (nSPS) is 21.4. The van der Waals surface area contributed by atoms with Crippen LogP contribution in [0.1, 0.15) is 52.2 Å². The summed E-state index contributed by atoms with van der Waals surface area (Å²) in [5.74, 6) is 1.96. The Kier molecular flexibility index (Phi) is 4.92. The molecular weight excluding hydrogens is 302 g/mol. The van der Waals surface area contributed by atoms with E-state index in [4.69, 9.17) is 0 Å². The Morgan fingerprint density at radius 2 is 2.00 bits per heavy atom. The number of fused-ring (bicyclic) bond motifs is 1. The minimum atomic E-state index is -0.699. The number of carbonyl (C=O) groups is 1. The summed E-state index contributed by atoms with van der Waals surface area (Å²) >= 11 is 3.52. The van der Waals surface area contributed by atoms with E-state index in [2.05, 4.69) is 11.4 Å². The lowest BCUT2D eigenvalue weighted by Gasteiger charge is -2.31. The van der Waals surface area contributed by atoms with Crippen molar-refractivity contribution >= 4 is 29.0 Å². The van der Waals surface area contributed by atoms with E-state index >= 15 is 0 Å². The topological polar surface area (TPSA) is 49.3 Å². The van der Waals surface area contributed by atoms with Crippen molar-refractivity contribution in [1.29, 1.82) is 0 Å². The maximum atomic E-state index is 12.3. The second kappa shape index (κ2) is 6.71. The molecule has 0 spiro atoms. The zero-order valence-corrected chi connectivity index (χ0v) is 14.0. The van der Waals surface area contributed by atoms with Crippen LogP contribution < -0.4 is 5.32 Å². The van der Waals surface area contributed by atoms with Crippen LogP contribution in [-0.2, 0) is 12.8 Å². The minimum Gasteiger partial charge on any atom is -0.388 e. The summed E-state index contributed by atoms with van der Waals surface area (Å²) < 4.78 is 0. The molecule has 1 fully saturated rings. The van der Waals surface area contributed by atoms with Crippen molar-refractivity contribution < 1.29 is 9.90 Å². The molecule has 1 amide bonds. The molecule has 0 atom stereocenters. The van der Waals surface area contributed by atoms with Gasteiger partial charge in [0.2, 0.25) is 0 Å². The van der Waals surface area contributed by atoms with Crippen molar-refractivity contribution in [3.8, 4) is 0 Å². The molecule has 1 aromatic rings. The number of thioether (sulfide) groups is 1. The Labute approximate surface area is 134 Å². The van der Waals surface area contributed by atoms with Gasteiger partial charge in [0.1, 0.15) is 0 Å². The molecular formula is C16H23NO2S2. The highest BCUT2D eigenvalue weighted by molar-refractivity contribution is 7.99. The molecule has 3 nitrogen and oxygen atoms in total. The first-order valence-electron chi connectivity index (χ1n) is 7.86. The highest BCUT2D eigenvalue weighted by atomic mass is 32.2. The van der Waals surface area contributed by atoms with E-state index in [1.54, 1.807) is 11.3 Å². The van der Waals surface area contributed by atoms with Gasteiger partial charge in [-0.25, -0.2) is 0 Å². The molecule has 0 bridgehead atoms. The number of hydrogen-bond donors (Lipinski definition) is 2. The zero-order valence-electron chi connectivity index (χ0n) is 12.3. The van der Waals surface area contributed by atoms with Crippen LogP contribution in [0.25, 0.3) is 0 Å². The average Bonchev–Trinajstić information content (AvgIpc) is 2.77. The summed E-state index contributed by atoms with van der Waals surface area (Å²) in [7, 11) is 0. The summed E-state index contributed by atoms with van der Waals surface area (Å²) in [6.45, 7) is 0.384. The Hall–Kier alpha value is -0.520. The maximum Gasteiger partial charge on any atom is 0.261 e. The Balaban J connectivity index is 1.60. The number of nitrogens with one attached hydrogen (secondary N) is 1. The number of carbonyl (C=O) groups excluding carboxylic acids is 1. The third kappa shape index (κ3) is 3.82. The summed E-state index contributed by atoms with van der Waals surface area (Å²) in [5, 5.41) is 13.4. The van der Waals surface area contributed by atoms with E-state index in [1.165, 1.54) is 29.7 Å². The van der Waals surface area contributed by atoms with E-state index in [0.717, 1.165) is 42.1 Å². The Morgan fingerprint density at radius 3 is 2.81 bits per heavy atom. The van der Waals surface area contributed by atoms with Gasteiger partial charge in [-0.1, -0.05) is 6.42 Å². The van der Waals surface area contributed by atoms with Gasteiger partial charge in [0.25, 0.3) is 5.91 Å². The van der Waals surface area contributed by atoms with Crippen LogP contribution in [0.4, 0.5) is 0 Å². The fourth-order valence-electron chi connectivity index (χ4n) is 3.04. The second-order valence-electron chi connectivity index (χ2n) is 6.14. The smallest absolute Gasteiger partial charge is 0.261 e. The van der Waals surface area contributed by atoms with Gasteiger partial charge in [-0.2, -0.15) is 11.8 Å². The average molecular weight is 325 g/mol. The molecule has 1 aromatic heterocycles. The van der Waals surface area contributed by atoms with Gasteiger partial charge in [-0.3, -0.25) is 4.79 Å². The third-order valence-corrected chi connectivity index (χ3v) is 6.69. The molecule has 0 unspecified atom stereocenters. The number of aliphatic hydroxyl groups is 1. The molecule has 21 heavy (non-hydrogen) atoms. The van der Waals surface area contributed by atoms with Gasteiger partial charge in [0.15, 0.2) is 0 Å². The van der Waals surface area contributed by atoms with Gasteiger partial charge < -0.3 is 10.4 Å². The molecule has 0 aromatic carbocycles. The molecule has 2 heterocycles. The van der Waals surface area contributed by atoms with Gasteiger partial charge in [-0.15, -0.1) is 11.3 Å². The van der Waals surface area contributed by atoms with Crippen LogP contribution in [0.2, 0.25) is 0 Å². The molecule has 116 valence electrons. The van der Waals surface area contributed by atoms with Gasteiger partial charge in [0.05, 0.1) is 10.5 Å². The molecule has 1 aliphatic carbocycles. The van der Waals surface area contributed by atoms with E-state index in [-0.39, 0.29) is 5.91 Å². The molecule has 2 N–H and O–H groups in total. The lowest BCUT2D eigenvalue weighted by molar-refractivity contribution is 0.0312. The van der Waals surface area contributed by atoms with Gasteiger partial charge >= 0.3 is 0 Å². The van der Waals surface area contributed by atoms with Crippen LogP contribution >= 0.6 is 23.1 Å². The van der Waals surface area contributed by atoms with Crippen molar-refractivity contribution in [2.24, 2.45) is 0 Å². The Bertz CT molecular complexity index is 483. The zero-order chi connectivity index (χ0) is 14.7. The summed E-state index contributed by atoms with van der Waals surface area (Å²) in [5.41, 5.74) is 0.672. The van der Waals surface area contributed by atoms with Crippen molar-refractivity contribution in [2.75, 3.05) is 18.1 Å². The van der Waals surface area contributed by atoms with E-state index < -0.39 is 5.60 Å². The second-order valence-corrected chi connectivity index (χ2v) is 8.50. The molecule has 1 aliphatic heterocycles. The molecule has 5 heteroatoms. The molecule has 0 radical (unpaired) electrons. The summed E-state index contributed by atoms with van der Waals surface area (Å²) in [4.78, 5) is 14.5. The highest BCUT2D eigenvalue weighted by Gasteiger charge is 2.30. The highest BCUT2D eigenvalue weighted by Crippen LogP contribution is 2.29. The first kappa shape index (κ1) is 15.4. The predicted molar refractivity (Wildman–Crippen MR) is 89.4 cm³/mol. The summed E-state index contributed by atoms with van der Waals surface area (Å²) in [6.07, 6.45) is 7.56. The van der Waals surface area contributed by atoms with E-state index in [9.17, 15) is 9.90 Å². The molecule has 0 saturated carbocycles. The minimum absolute atomic E-state index is 0.0141. The van der Waals surface area contributed by atoms with Crippen molar-refractivity contribution in [2.45, 2.75) is 50.5 Å². The monoisotopic (exact) mass is 325 g/mol. The fourth-order valence-corrected chi connectivity index (χ4v) is 5.46. The van der Waals surface area contributed by atoms with Crippen LogP contribution in [-0.4, -0.2) is 34.7 Å². The van der Waals surface area contributed by atoms with Gasteiger partial charge in [0, 0.05) is 11.4 Å². The van der Waals surface area contributed by atoms with E-state index in [1.807, 2.05) is 11.8 Å². The number of hydrogen-bond acceptors (Lipinski definition) is 4. The third-order valence-electron chi connectivity index (χ3n) is 4.47.